The molecule has 108 valence electrons. The van der Waals surface area contributed by atoms with Crippen LogP contribution in [0.4, 0.5) is 0 Å². The van der Waals surface area contributed by atoms with Crippen molar-refractivity contribution in [3.63, 3.8) is 0 Å². The largest absolute Gasteiger partial charge is 0.384 e. The van der Waals surface area contributed by atoms with Gasteiger partial charge in [0.1, 0.15) is 12.1 Å². The summed E-state index contributed by atoms with van der Waals surface area (Å²) in [6.07, 6.45) is 5.25. The summed E-state index contributed by atoms with van der Waals surface area (Å²) >= 11 is 0. The number of hydrogen-bond donors (Lipinski definition) is 2. The lowest BCUT2D eigenvalue weighted by Crippen LogP contribution is -3.05. The van der Waals surface area contributed by atoms with Gasteiger partial charge in [0, 0.05) is 6.42 Å². The molecule has 2 rings (SSSR count). The van der Waals surface area contributed by atoms with Gasteiger partial charge >= 0.3 is 0 Å². The molecule has 0 aromatic heterocycles. The topological polar surface area (TPSA) is 24.7 Å². The van der Waals surface area contributed by atoms with E-state index >= 15 is 0 Å². The minimum atomic E-state index is -0.771. The highest BCUT2D eigenvalue weighted by Crippen LogP contribution is 2.42. The number of quaternary nitrogens is 1. The van der Waals surface area contributed by atoms with E-state index in [1.165, 1.54) is 17.7 Å². The third kappa shape index (κ3) is 3.62. The minimum Gasteiger partial charge on any atom is -0.384 e. The van der Waals surface area contributed by atoms with Gasteiger partial charge in [-0.25, -0.2) is 0 Å². The number of nitrogens with one attached hydrogen (secondary N) is 1. The van der Waals surface area contributed by atoms with Crippen molar-refractivity contribution in [2.75, 3.05) is 20.6 Å². The molecule has 0 bridgehead atoms. The van der Waals surface area contributed by atoms with Gasteiger partial charge in [0.25, 0.3) is 0 Å². The van der Waals surface area contributed by atoms with Gasteiger partial charge in [0.2, 0.25) is 0 Å². The third-order valence-electron chi connectivity index (χ3n) is 4.23. The molecule has 0 heterocycles. The average molecular weight is 272 g/mol. The molecule has 0 spiro atoms. The van der Waals surface area contributed by atoms with Crippen LogP contribution in [0.15, 0.2) is 30.3 Å². The van der Waals surface area contributed by atoms with Crippen LogP contribution >= 0.6 is 0 Å². The molecule has 1 atom stereocenters. The fourth-order valence-corrected chi connectivity index (χ4v) is 3.05. The molecule has 0 amide bonds. The lowest BCUT2D eigenvalue weighted by Gasteiger charge is -2.33. The Morgan fingerprint density at radius 2 is 1.80 bits per heavy atom. The zero-order valence-electron chi connectivity index (χ0n) is 12.7. The van der Waals surface area contributed by atoms with E-state index in [1.54, 1.807) is 0 Å². The molecule has 1 aromatic carbocycles. The Kier molecular flexibility index (Phi) is 5.23. The SMILES string of the molecule is C[NH+](C)CC#CC[C@](O)(c1ccccc1)C1CCCC1. The smallest absolute Gasteiger partial charge is 0.138 e. The molecule has 1 aliphatic rings. The van der Waals surface area contributed by atoms with Crippen LogP contribution in [0.1, 0.15) is 37.7 Å². The molecule has 0 aliphatic heterocycles. The van der Waals surface area contributed by atoms with Crippen molar-refractivity contribution in [3.05, 3.63) is 35.9 Å². The first-order valence-corrected chi connectivity index (χ1v) is 7.65. The molecule has 1 saturated carbocycles. The molecule has 0 radical (unpaired) electrons. The number of aliphatic hydroxyl groups is 1. The molecule has 1 fully saturated rings. The van der Waals surface area contributed by atoms with Crippen LogP contribution in [0.5, 0.6) is 0 Å². The fourth-order valence-electron chi connectivity index (χ4n) is 3.05. The van der Waals surface area contributed by atoms with Crippen molar-refractivity contribution in [2.24, 2.45) is 5.92 Å². The van der Waals surface area contributed by atoms with E-state index in [2.05, 4.69) is 25.9 Å². The predicted molar refractivity (Wildman–Crippen MR) is 82.4 cm³/mol. The number of benzene rings is 1. The van der Waals surface area contributed by atoms with Crippen LogP contribution in [-0.4, -0.2) is 25.7 Å². The van der Waals surface area contributed by atoms with Crippen molar-refractivity contribution in [1.29, 1.82) is 0 Å². The molecule has 20 heavy (non-hydrogen) atoms. The summed E-state index contributed by atoms with van der Waals surface area (Å²) in [5.74, 6) is 6.75. The molecule has 2 heteroatoms. The maximum atomic E-state index is 11.2. The molecule has 1 aliphatic carbocycles. The summed E-state index contributed by atoms with van der Waals surface area (Å²) in [4.78, 5) is 1.32. The Balaban J connectivity index is 2.17. The summed E-state index contributed by atoms with van der Waals surface area (Å²) in [7, 11) is 4.18. The molecule has 0 saturated heterocycles. The molecular formula is C18H26NO+. The van der Waals surface area contributed by atoms with Crippen molar-refractivity contribution in [1.82, 2.24) is 0 Å². The van der Waals surface area contributed by atoms with Crippen molar-refractivity contribution in [2.45, 2.75) is 37.7 Å². The average Bonchev–Trinajstić information content (AvgIpc) is 2.99. The van der Waals surface area contributed by atoms with Gasteiger partial charge in [0.15, 0.2) is 0 Å². The highest BCUT2D eigenvalue weighted by molar-refractivity contribution is 5.26. The van der Waals surface area contributed by atoms with Crippen LogP contribution < -0.4 is 4.90 Å². The first-order valence-electron chi connectivity index (χ1n) is 7.65. The zero-order valence-corrected chi connectivity index (χ0v) is 12.7. The van der Waals surface area contributed by atoms with Crippen LogP contribution in [0.25, 0.3) is 0 Å². The fraction of sp³-hybridized carbons (Fsp3) is 0.556. The van der Waals surface area contributed by atoms with Crippen molar-refractivity contribution < 1.29 is 10.0 Å². The van der Waals surface area contributed by atoms with E-state index < -0.39 is 5.60 Å². The van der Waals surface area contributed by atoms with Crippen LogP contribution in [0.2, 0.25) is 0 Å². The lowest BCUT2D eigenvalue weighted by molar-refractivity contribution is -0.850. The monoisotopic (exact) mass is 272 g/mol. The quantitative estimate of drug-likeness (QED) is 0.800. The summed E-state index contributed by atoms with van der Waals surface area (Å²) in [6, 6.07) is 10.1. The van der Waals surface area contributed by atoms with Gasteiger partial charge in [-0.3, -0.25) is 0 Å². The van der Waals surface area contributed by atoms with E-state index in [-0.39, 0.29) is 0 Å². The second-order valence-electron chi connectivity index (χ2n) is 6.19. The summed E-state index contributed by atoms with van der Waals surface area (Å²) in [5.41, 5.74) is 0.255. The van der Waals surface area contributed by atoms with Gasteiger partial charge in [-0.05, 0) is 30.2 Å². The van der Waals surface area contributed by atoms with Crippen LogP contribution in [0.3, 0.4) is 0 Å². The number of rotatable bonds is 4. The second kappa shape index (κ2) is 6.92. The van der Waals surface area contributed by atoms with E-state index in [0.29, 0.717) is 12.3 Å². The molecular weight excluding hydrogens is 246 g/mol. The molecule has 0 unspecified atom stereocenters. The zero-order chi connectivity index (χ0) is 14.4. The molecule has 2 N–H and O–H groups in total. The summed E-state index contributed by atoms with van der Waals surface area (Å²) in [5, 5.41) is 11.2. The minimum absolute atomic E-state index is 0.353. The van der Waals surface area contributed by atoms with Gasteiger partial charge < -0.3 is 10.0 Å². The van der Waals surface area contributed by atoms with Gasteiger partial charge in [0.05, 0.1) is 14.1 Å². The first kappa shape index (κ1) is 15.1. The summed E-state index contributed by atoms with van der Waals surface area (Å²) in [6.45, 7) is 0.829. The number of hydrogen-bond acceptors (Lipinski definition) is 1. The summed E-state index contributed by atoms with van der Waals surface area (Å²) < 4.78 is 0. The van der Waals surface area contributed by atoms with Crippen molar-refractivity contribution in [3.8, 4) is 11.8 Å². The maximum absolute atomic E-state index is 11.2. The molecule has 2 nitrogen and oxygen atoms in total. The second-order valence-corrected chi connectivity index (χ2v) is 6.19. The van der Waals surface area contributed by atoms with Crippen LogP contribution in [0, 0.1) is 17.8 Å². The normalized spacial score (nSPS) is 18.6. The van der Waals surface area contributed by atoms with E-state index in [4.69, 9.17) is 0 Å². The van der Waals surface area contributed by atoms with Crippen LogP contribution in [-0.2, 0) is 5.60 Å². The van der Waals surface area contributed by atoms with E-state index in [1.807, 2.05) is 30.3 Å². The van der Waals surface area contributed by atoms with Crippen molar-refractivity contribution >= 4 is 0 Å². The standard InChI is InChI=1S/C18H25NO/c1-19(2)15-9-8-14-18(20,17-12-6-7-13-17)16-10-4-3-5-11-16/h3-5,10-11,17,20H,6-7,12-15H2,1-2H3/p+1/t18-/m0/s1. The Bertz CT molecular complexity index is 465. The van der Waals surface area contributed by atoms with E-state index in [9.17, 15) is 5.11 Å². The Labute approximate surface area is 122 Å². The first-order chi connectivity index (χ1) is 9.63. The lowest BCUT2D eigenvalue weighted by atomic mass is 9.78. The Morgan fingerprint density at radius 3 is 2.40 bits per heavy atom. The predicted octanol–water partition coefficient (Wildman–Crippen LogP) is 1.60. The third-order valence-corrected chi connectivity index (χ3v) is 4.23. The maximum Gasteiger partial charge on any atom is 0.138 e. The van der Waals surface area contributed by atoms with E-state index in [0.717, 1.165) is 24.9 Å². The van der Waals surface area contributed by atoms with Gasteiger partial charge in [-0.1, -0.05) is 49.1 Å². The highest BCUT2D eigenvalue weighted by atomic mass is 16.3. The van der Waals surface area contributed by atoms with Gasteiger partial charge in [-0.15, -0.1) is 0 Å². The Hall–Kier alpha value is -1.30. The molecule has 1 aromatic rings. The highest BCUT2D eigenvalue weighted by Gasteiger charge is 2.39. The Morgan fingerprint density at radius 1 is 1.15 bits per heavy atom. The van der Waals surface area contributed by atoms with Gasteiger partial charge in [-0.2, -0.15) is 0 Å².